The maximum Gasteiger partial charge on any atom is 0.416 e. The molecule has 0 bridgehead atoms. The van der Waals surface area contributed by atoms with E-state index in [0.717, 1.165) is 12.1 Å². The summed E-state index contributed by atoms with van der Waals surface area (Å²) in [6.07, 6.45) is -1.18. The average molecular weight is 536 g/mol. The van der Waals surface area contributed by atoms with Crippen LogP contribution >= 0.6 is 11.6 Å². The van der Waals surface area contributed by atoms with E-state index in [4.69, 9.17) is 21.1 Å². The van der Waals surface area contributed by atoms with Gasteiger partial charge in [-0.3, -0.25) is 4.79 Å². The van der Waals surface area contributed by atoms with Gasteiger partial charge >= 0.3 is 6.18 Å². The minimum absolute atomic E-state index is 0.0468. The van der Waals surface area contributed by atoms with E-state index in [-0.39, 0.29) is 54.1 Å². The van der Waals surface area contributed by atoms with Crippen molar-refractivity contribution < 1.29 is 31.1 Å². The standard InChI is InChI=1S/C22H25ClF3N3O5S/c23-20-19(27-11-18-13-33-8-9-35(18,31)32)12-28-29(21(20)30)15-4-6-16(7-5-15)34-17-3-1-2-14(10-17)22(24,25)26/h1-3,10,12,15-16,18,27H,4-9,11,13H2/t15-,16-,18-/m1/s1. The molecule has 13 heteroatoms. The van der Waals surface area contributed by atoms with Gasteiger partial charge in [0, 0.05) is 6.54 Å². The van der Waals surface area contributed by atoms with Crippen LogP contribution in [0.4, 0.5) is 18.9 Å². The summed E-state index contributed by atoms with van der Waals surface area (Å²) in [4.78, 5) is 12.8. The van der Waals surface area contributed by atoms with Gasteiger partial charge in [-0.25, -0.2) is 13.1 Å². The lowest BCUT2D eigenvalue weighted by Gasteiger charge is -2.29. The van der Waals surface area contributed by atoms with Crippen molar-refractivity contribution in [1.29, 1.82) is 0 Å². The van der Waals surface area contributed by atoms with Crippen LogP contribution in [0.1, 0.15) is 37.3 Å². The zero-order valence-electron chi connectivity index (χ0n) is 18.6. The molecule has 2 aliphatic rings. The summed E-state index contributed by atoms with van der Waals surface area (Å²) in [5.74, 6) is 0.106. The Labute approximate surface area is 205 Å². The number of aromatic nitrogens is 2. The maximum atomic E-state index is 12.9. The monoisotopic (exact) mass is 535 g/mol. The summed E-state index contributed by atoms with van der Waals surface area (Å²) in [6.45, 7) is 0.291. The van der Waals surface area contributed by atoms with Crippen LogP contribution in [0.25, 0.3) is 0 Å². The fraction of sp³-hybridized carbons (Fsp3) is 0.545. The molecular formula is C22H25ClF3N3O5S. The molecule has 2 fully saturated rings. The summed E-state index contributed by atoms with van der Waals surface area (Å²) in [5, 5.41) is 6.29. The van der Waals surface area contributed by atoms with Crippen LogP contribution in [-0.4, -0.2) is 55.1 Å². The number of benzene rings is 1. The van der Waals surface area contributed by atoms with Crippen molar-refractivity contribution in [3.8, 4) is 5.75 Å². The SMILES string of the molecule is O=c1c(Cl)c(NC[C@@H]2COCCS2(=O)=O)cnn1[C@H]1CC[C@H](Oc2cccc(C(F)(F)F)c2)CC1. The zero-order chi connectivity index (χ0) is 25.2. The summed E-state index contributed by atoms with van der Waals surface area (Å²) >= 11 is 6.26. The summed E-state index contributed by atoms with van der Waals surface area (Å²) in [5.41, 5.74) is -1.02. The first-order chi connectivity index (χ1) is 16.5. The number of alkyl halides is 3. The van der Waals surface area contributed by atoms with Crippen LogP contribution in [0.2, 0.25) is 5.02 Å². The van der Waals surface area contributed by atoms with E-state index in [0.29, 0.717) is 25.7 Å². The number of hydrogen-bond acceptors (Lipinski definition) is 7. The quantitative estimate of drug-likeness (QED) is 0.602. The highest BCUT2D eigenvalue weighted by molar-refractivity contribution is 7.92. The number of nitrogens with one attached hydrogen (secondary N) is 1. The lowest BCUT2D eigenvalue weighted by Crippen LogP contribution is -2.41. The van der Waals surface area contributed by atoms with E-state index >= 15 is 0 Å². The van der Waals surface area contributed by atoms with Gasteiger partial charge in [0.2, 0.25) is 0 Å². The second-order valence-electron chi connectivity index (χ2n) is 8.64. The fourth-order valence-corrected chi connectivity index (χ4v) is 5.77. The topological polar surface area (TPSA) is 99.5 Å². The lowest BCUT2D eigenvalue weighted by molar-refractivity contribution is -0.137. The number of rotatable bonds is 6. The van der Waals surface area contributed by atoms with Crippen molar-refractivity contribution in [3.63, 3.8) is 0 Å². The van der Waals surface area contributed by atoms with Gasteiger partial charge in [-0.2, -0.15) is 18.3 Å². The third-order valence-electron chi connectivity index (χ3n) is 6.24. The number of anilines is 1. The van der Waals surface area contributed by atoms with E-state index in [1.807, 2.05) is 0 Å². The summed E-state index contributed by atoms with van der Waals surface area (Å²) in [7, 11) is -3.28. The van der Waals surface area contributed by atoms with Gasteiger partial charge in [0.15, 0.2) is 9.84 Å². The number of nitrogens with zero attached hydrogens (tertiary/aromatic N) is 2. The Morgan fingerprint density at radius 1 is 1.23 bits per heavy atom. The van der Waals surface area contributed by atoms with Crippen LogP contribution in [0.15, 0.2) is 35.3 Å². The van der Waals surface area contributed by atoms with Crippen LogP contribution < -0.4 is 15.6 Å². The molecule has 0 spiro atoms. The molecule has 192 valence electrons. The molecule has 0 unspecified atom stereocenters. The summed E-state index contributed by atoms with van der Waals surface area (Å²) in [6, 6.07) is 4.54. The molecule has 1 aliphatic heterocycles. The normalized spacial score (nSPS) is 24.6. The molecular weight excluding hydrogens is 511 g/mol. The molecule has 8 nitrogen and oxygen atoms in total. The maximum absolute atomic E-state index is 12.9. The molecule has 0 radical (unpaired) electrons. The van der Waals surface area contributed by atoms with Gasteiger partial charge in [-0.1, -0.05) is 17.7 Å². The van der Waals surface area contributed by atoms with Gasteiger partial charge in [-0.15, -0.1) is 0 Å². The van der Waals surface area contributed by atoms with E-state index in [1.54, 1.807) is 0 Å². The van der Waals surface area contributed by atoms with E-state index in [1.165, 1.54) is 23.0 Å². The van der Waals surface area contributed by atoms with Crippen LogP contribution in [0, 0.1) is 0 Å². The van der Waals surface area contributed by atoms with Crippen molar-refractivity contribution in [2.45, 2.75) is 49.3 Å². The average Bonchev–Trinajstić information content (AvgIpc) is 2.81. The molecule has 4 rings (SSSR count). The first-order valence-electron chi connectivity index (χ1n) is 11.2. The zero-order valence-corrected chi connectivity index (χ0v) is 20.2. The number of hydrogen-bond donors (Lipinski definition) is 1. The lowest BCUT2D eigenvalue weighted by atomic mass is 9.93. The molecule has 1 aromatic carbocycles. The minimum Gasteiger partial charge on any atom is -0.490 e. The Morgan fingerprint density at radius 2 is 1.97 bits per heavy atom. The number of halogens is 4. The van der Waals surface area contributed by atoms with Gasteiger partial charge < -0.3 is 14.8 Å². The van der Waals surface area contributed by atoms with Crippen molar-refractivity contribution in [1.82, 2.24) is 9.78 Å². The number of ether oxygens (including phenoxy) is 2. The first kappa shape index (κ1) is 25.8. The first-order valence-corrected chi connectivity index (χ1v) is 13.3. The summed E-state index contributed by atoms with van der Waals surface area (Å²) < 4.78 is 75.3. The molecule has 2 heterocycles. The molecule has 35 heavy (non-hydrogen) atoms. The molecule has 1 N–H and O–H groups in total. The van der Waals surface area contributed by atoms with Crippen molar-refractivity contribution in [2.75, 3.05) is 30.8 Å². The Hall–Kier alpha value is -2.31. The van der Waals surface area contributed by atoms with E-state index < -0.39 is 32.4 Å². The molecule has 1 aromatic heterocycles. The predicted molar refractivity (Wildman–Crippen MR) is 124 cm³/mol. The Bertz CT molecular complexity index is 1210. The van der Waals surface area contributed by atoms with Gasteiger partial charge in [-0.05, 0) is 43.9 Å². The van der Waals surface area contributed by atoms with Crippen LogP contribution in [0.3, 0.4) is 0 Å². The molecule has 1 atom stereocenters. The minimum atomic E-state index is -4.44. The van der Waals surface area contributed by atoms with Crippen LogP contribution in [0.5, 0.6) is 5.75 Å². The van der Waals surface area contributed by atoms with Crippen molar-refractivity contribution in [3.05, 3.63) is 51.4 Å². The Balaban J connectivity index is 1.36. The van der Waals surface area contributed by atoms with Crippen molar-refractivity contribution >= 4 is 27.1 Å². The molecule has 1 aliphatic carbocycles. The third kappa shape index (κ3) is 6.10. The number of sulfone groups is 1. The highest BCUT2D eigenvalue weighted by Gasteiger charge is 2.32. The molecule has 1 saturated heterocycles. The Morgan fingerprint density at radius 3 is 2.66 bits per heavy atom. The second-order valence-corrected chi connectivity index (χ2v) is 11.4. The van der Waals surface area contributed by atoms with Crippen molar-refractivity contribution in [2.24, 2.45) is 0 Å². The van der Waals surface area contributed by atoms with E-state index in [2.05, 4.69) is 10.4 Å². The second kappa shape index (κ2) is 10.4. The molecule has 0 amide bonds. The largest absolute Gasteiger partial charge is 0.490 e. The fourth-order valence-electron chi connectivity index (χ4n) is 4.24. The third-order valence-corrected chi connectivity index (χ3v) is 8.66. The van der Waals surface area contributed by atoms with Gasteiger partial charge in [0.25, 0.3) is 5.56 Å². The smallest absolute Gasteiger partial charge is 0.416 e. The van der Waals surface area contributed by atoms with Crippen LogP contribution in [-0.2, 0) is 20.8 Å². The van der Waals surface area contributed by atoms with Gasteiger partial charge in [0.05, 0.1) is 48.6 Å². The highest BCUT2D eigenvalue weighted by atomic mass is 35.5. The molecule has 1 saturated carbocycles. The molecule has 2 aromatic rings. The Kier molecular flexibility index (Phi) is 7.62. The highest BCUT2D eigenvalue weighted by Crippen LogP contribution is 2.34. The van der Waals surface area contributed by atoms with E-state index in [9.17, 15) is 26.4 Å². The van der Waals surface area contributed by atoms with Gasteiger partial charge in [0.1, 0.15) is 16.0 Å². The predicted octanol–water partition coefficient (Wildman–Crippen LogP) is 3.70.